The molecule has 0 aliphatic carbocycles. The third-order valence-electron chi connectivity index (χ3n) is 1.63. The summed E-state index contributed by atoms with van der Waals surface area (Å²) < 4.78 is 5.08. The highest BCUT2D eigenvalue weighted by atomic mass is 32.1. The fraction of sp³-hybridized carbons (Fsp3) is 0.111. The van der Waals surface area contributed by atoms with Gasteiger partial charge in [-0.1, -0.05) is 6.07 Å². The molecule has 3 heteroatoms. The summed E-state index contributed by atoms with van der Waals surface area (Å²) in [6, 6.07) is 7.33. The van der Waals surface area contributed by atoms with Gasteiger partial charge in [0, 0.05) is 4.88 Å². The quantitative estimate of drug-likeness (QED) is 0.770. The smallest absolute Gasteiger partial charge is 0.146 e. The maximum absolute atomic E-state index is 9.69. The number of hydrogen-bond donors (Lipinski definition) is 1. The maximum atomic E-state index is 9.69. The van der Waals surface area contributed by atoms with E-state index in [1.807, 2.05) is 17.5 Å². The second-order valence-electron chi connectivity index (χ2n) is 2.43. The average Bonchev–Trinajstić information content (AvgIpc) is 2.77. The number of furan rings is 1. The first-order valence-electron chi connectivity index (χ1n) is 3.63. The normalized spacial score (nSPS) is 13.1. The Morgan fingerprint density at radius 1 is 1.33 bits per heavy atom. The zero-order valence-corrected chi connectivity index (χ0v) is 7.12. The van der Waals surface area contributed by atoms with Crippen LogP contribution in [0.4, 0.5) is 0 Å². The van der Waals surface area contributed by atoms with Gasteiger partial charge in [-0.2, -0.15) is 0 Å². The third kappa shape index (κ3) is 1.29. The Bertz CT molecular complexity index is 289. The standard InChI is InChI=1S/C9H8O2S/c10-9(7-3-1-5-11-7)8-4-2-6-12-8/h1-6,9-10H/t9-/m0/s1. The molecule has 0 radical (unpaired) electrons. The summed E-state index contributed by atoms with van der Waals surface area (Å²) >= 11 is 1.52. The lowest BCUT2D eigenvalue weighted by Gasteiger charge is -2.02. The first-order valence-corrected chi connectivity index (χ1v) is 4.51. The Morgan fingerprint density at radius 3 is 2.83 bits per heavy atom. The van der Waals surface area contributed by atoms with Crippen LogP contribution in [0.25, 0.3) is 0 Å². The predicted octanol–water partition coefficient (Wildman–Crippen LogP) is 2.42. The minimum absolute atomic E-state index is 0.595. The van der Waals surface area contributed by atoms with Gasteiger partial charge in [-0.3, -0.25) is 0 Å². The Kier molecular flexibility index (Phi) is 1.98. The van der Waals surface area contributed by atoms with Crippen LogP contribution in [-0.4, -0.2) is 5.11 Å². The zero-order valence-electron chi connectivity index (χ0n) is 6.31. The molecular weight excluding hydrogens is 172 g/mol. The highest BCUT2D eigenvalue weighted by molar-refractivity contribution is 7.10. The molecule has 2 aromatic heterocycles. The Labute approximate surface area is 74.1 Å². The van der Waals surface area contributed by atoms with Crippen LogP contribution < -0.4 is 0 Å². The van der Waals surface area contributed by atoms with Gasteiger partial charge >= 0.3 is 0 Å². The summed E-state index contributed by atoms with van der Waals surface area (Å²) in [6.45, 7) is 0. The molecule has 0 saturated heterocycles. The Hall–Kier alpha value is -1.06. The van der Waals surface area contributed by atoms with Gasteiger partial charge in [0.2, 0.25) is 0 Å². The van der Waals surface area contributed by atoms with Crippen molar-refractivity contribution < 1.29 is 9.52 Å². The average molecular weight is 180 g/mol. The van der Waals surface area contributed by atoms with Crippen LogP contribution >= 0.6 is 11.3 Å². The topological polar surface area (TPSA) is 33.4 Å². The third-order valence-corrected chi connectivity index (χ3v) is 2.55. The van der Waals surface area contributed by atoms with Crippen LogP contribution in [0, 0.1) is 0 Å². The number of hydrogen-bond acceptors (Lipinski definition) is 3. The Balaban J connectivity index is 2.27. The van der Waals surface area contributed by atoms with E-state index < -0.39 is 6.10 Å². The van der Waals surface area contributed by atoms with Gasteiger partial charge in [-0.15, -0.1) is 11.3 Å². The minimum atomic E-state index is -0.611. The number of aliphatic hydroxyl groups excluding tert-OH is 1. The molecule has 1 N–H and O–H groups in total. The van der Waals surface area contributed by atoms with Gasteiger partial charge < -0.3 is 9.52 Å². The van der Waals surface area contributed by atoms with Crippen LogP contribution in [0.5, 0.6) is 0 Å². The predicted molar refractivity (Wildman–Crippen MR) is 47.1 cm³/mol. The van der Waals surface area contributed by atoms with Gasteiger partial charge in [0.25, 0.3) is 0 Å². The van der Waals surface area contributed by atoms with Crippen LogP contribution in [0.15, 0.2) is 40.3 Å². The molecule has 0 fully saturated rings. The van der Waals surface area contributed by atoms with E-state index in [9.17, 15) is 5.11 Å². The molecule has 2 aromatic rings. The zero-order chi connectivity index (χ0) is 8.39. The molecule has 2 heterocycles. The molecule has 2 rings (SSSR count). The van der Waals surface area contributed by atoms with Gasteiger partial charge in [0.1, 0.15) is 11.9 Å². The van der Waals surface area contributed by atoms with Crippen LogP contribution in [0.2, 0.25) is 0 Å². The molecule has 0 spiro atoms. The molecule has 2 nitrogen and oxygen atoms in total. The lowest BCUT2D eigenvalue weighted by atomic mass is 10.2. The van der Waals surface area contributed by atoms with Crippen molar-refractivity contribution in [2.24, 2.45) is 0 Å². The van der Waals surface area contributed by atoms with Gasteiger partial charge in [-0.25, -0.2) is 0 Å². The number of aliphatic hydroxyl groups is 1. The molecule has 0 amide bonds. The summed E-state index contributed by atoms with van der Waals surface area (Å²) in [7, 11) is 0. The van der Waals surface area contributed by atoms with Crippen molar-refractivity contribution in [3.05, 3.63) is 46.5 Å². The first kappa shape index (κ1) is 7.58. The first-order chi connectivity index (χ1) is 5.88. The van der Waals surface area contributed by atoms with Crippen molar-refractivity contribution in [2.75, 3.05) is 0 Å². The molecule has 1 atom stereocenters. The van der Waals surface area contributed by atoms with E-state index in [0.29, 0.717) is 5.76 Å². The van der Waals surface area contributed by atoms with Gasteiger partial charge in [0.15, 0.2) is 0 Å². The highest BCUT2D eigenvalue weighted by Crippen LogP contribution is 2.25. The van der Waals surface area contributed by atoms with E-state index >= 15 is 0 Å². The lowest BCUT2D eigenvalue weighted by molar-refractivity contribution is 0.193. The van der Waals surface area contributed by atoms with E-state index in [-0.39, 0.29) is 0 Å². The van der Waals surface area contributed by atoms with Crippen LogP contribution in [0.3, 0.4) is 0 Å². The largest absolute Gasteiger partial charge is 0.466 e. The second kappa shape index (κ2) is 3.13. The van der Waals surface area contributed by atoms with Crippen molar-refractivity contribution in [3.63, 3.8) is 0 Å². The van der Waals surface area contributed by atoms with E-state index in [0.717, 1.165) is 4.88 Å². The summed E-state index contributed by atoms with van der Waals surface area (Å²) in [4.78, 5) is 0.907. The van der Waals surface area contributed by atoms with Gasteiger partial charge in [-0.05, 0) is 23.6 Å². The summed E-state index contributed by atoms with van der Waals surface area (Å²) in [6.07, 6.45) is 0.951. The SMILES string of the molecule is O[C@@H](c1ccco1)c1cccs1. The molecule has 62 valence electrons. The second-order valence-corrected chi connectivity index (χ2v) is 3.41. The highest BCUT2D eigenvalue weighted by Gasteiger charge is 2.12. The molecular formula is C9H8O2S. The van der Waals surface area contributed by atoms with Crippen LogP contribution in [0.1, 0.15) is 16.7 Å². The Morgan fingerprint density at radius 2 is 2.25 bits per heavy atom. The van der Waals surface area contributed by atoms with Crippen molar-refractivity contribution in [1.29, 1.82) is 0 Å². The molecule has 0 bridgehead atoms. The molecule has 0 aliphatic heterocycles. The molecule has 0 unspecified atom stereocenters. The van der Waals surface area contributed by atoms with E-state index in [1.165, 1.54) is 11.3 Å². The molecule has 0 saturated carbocycles. The summed E-state index contributed by atoms with van der Waals surface area (Å²) in [5.41, 5.74) is 0. The lowest BCUT2D eigenvalue weighted by Crippen LogP contribution is -1.93. The van der Waals surface area contributed by atoms with Crippen LogP contribution in [-0.2, 0) is 0 Å². The molecule has 0 aromatic carbocycles. The van der Waals surface area contributed by atoms with E-state index in [2.05, 4.69) is 0 Å². The van der Waals surface area contributed by atoms with E-state index in [1.54, 1.807) is 18.4 Å². The fourth-order valence-electron chi connectivity index (χ4n) is 1.03. The van der Waals surface area contributed by atoms with Crippen molar-refractivity contribution in [3.8, 4) is 0 Å². The maximum Gasteiger partial charge on any atom is 0.146 e. The summed E-state index contributed by atoms with van der Waals surface area (Å²) in [5.74, 6) is 0.595. The van der Waals surface area contributed by atoms with Gasteiger partial charge in [0.05, 0.1) is 6.26 Å². The molecule has 12 heavy (non-hydrogen) atoms. The fourth-order valence-corrected chi connectivity index (χ4v) is 1.75. The number of thiophene rings is 1. The monoisotopic (exact) mass is 180 g/mol. The molecule has 0 aliphatic rings. The number of rotatable bonds is 2. The van der Waals surface area contributed by atoms with E-state index in [4.69, 9.17) is 4.42 Å². The minimum Gasteiger partial charge on any atom is -0.466 e. The van der Waals surface area contributed by atoms with Crippen molar-refractivity contribution in [1.82, 2.24) is 0 Å². The van der Waals surface area contributed by atoms with Crippen molar-refractivity contribution in [2.45, 2.75) is 6.10 Å². The summed E-state index contributed by atoms with van der Waals surface area (Å²) in [5, 5.41) is 11.6. The van der Waals surface area contributed by atoms with Crippen molar-refractivity contribution >= 4 is 11.3 Å².